The number of aromatic nitrogens is 1. The summed E-state index contributed by atoms with van der Waals surface area (Å²) < 4.78 is 0. The van der Waals surface area contributed by atoms with E-state index in [-0.39, 0.29) is 42.6 Å². The number of thiazole rings is 1. The molecular weight excluding hydrogens is 424 g/mol. The van der Waals surface area contributed by atoms with Gasteiger partial charge in [-0.1, -0.05) is 51.3 Å². The van der Waals surface area contributed by atoms with Crippen molar-refractivity contribution in [1.82, 2.24) is 15.2 Å². The number of nitrogens with zero attached hydrogens (tertiary/aromatic N) is 2. The molecule has 0 saturated heterocycles. The Kier molecular flexibility index (Phi) is 8.79. The smallest absolute Gasteiger partial charge is 0.254 e. The van der Waals surface area contributed by atoms with Crippen LogP contribution in [-0.4, -0.2) is 46.7 Å². The minimum atomic E-state index is -0.303. The third kappa shape index (κ3) is 7.44. The van der Waals surface area contributed by atoms with Gasteiger partial charge in [-0.25, -0.2) is 4.98 Å². The Labute approximate surface area is 193 Å². The monoisotopic (exact) mass is 456 g/mol. The molecule has 0 aliphatic heterocycles. The predicted octanol–water partition coefficient (Wildman–Crippen LogP) is 3.87. The van der Waals surface area contributed by atoms with Gasteiger partial charge in [-0.15, -0.1) is 11.3 Å². The summed E-state index contributed by atoms with van der Waals surface area (Å²) in [7, 11) is 0. The van der Waals surface area contributed by atoms with Gasteiger partial charge in [-0.05, 0) is 30.9 Å². The van der Waals surface area contributed by atoms with Crippen LogP contribution in [0.1, 0.15) is 62.0 Å². The first-order chi connectivity index (χ1) is 15.4. The zero-order valence-corrected chi connectivity index (χ0v) is 19.6. The molecule has 1 aliphatic rings. The van der Waals surface area contributed by atoms with Crippen LogP contribution in [0.15, 0.2) is 35.7 Å². The summed E-state index contributed by atoms with van der Waals surface area (Å²) in [4.78, 5) is 43.7. The van der Waals surface area contributed by atoms with Crippen molar-refractivity contribution < 1.29 is 14.4 Å². The van der Waals surface area contributed by atoms with E-state index in [2.05, 4.69) is 15.6 Å². The van der Waals surface area contributed by atoms with E-state index in [1.54, 1.807) is 22.4 Å². The van der Waals surface area contributed by atoms with Gasteiger partial charge in [-0.2, -0.15) is 0 Å². The molecule has 3 amide bonds. The number of anilines is 1. The second kappa shape index (κ2) is 11.8. The van der Waals surface area contributed by atoms with Crippen molar-refractivity contribution in [1.29, 1.82) is 0 Å². The lowest BCUT2D eigenvalue weighted by atomic mass is 9.95. The van der Waals surface area contributed by atoms with Gasteiger partial charge in [-0.3, -0.25) is 14.4 Å². The second-order valence-electron chi connectivity index (χ2n) is 8.72. The number of carbonyl (C=O) groups is 3. The molecule has 1 fully saturated rings. The van der Waals surface area contributed by atoms with Crippen LogP contribution in [0, 0.1) is 5.92 Å². The second-order valence-corrected chi connectivity index (χ2v) is 9.58. The number of hydrogen-bond donors (Lipinski definition) is 2. The maximum atomic E-state index is 12.8. The number of nitrogens with one attached hydrogen (secondary N) is 2. The van der Waals surface area contributed by atoms with Crippen LogP contribution in [-0.2, 0) is 16.0 Å². The zero-order chi connectivity index (χ0) is 22.9. The highest BCUT2D eigenvalue weighted by molar-refractivity contribution is 7.13. The first kappa shape index (κ1) is 23.9. The SMILES string of the molecule is CC(C)CN(CC(=O)Nc1nc(CC(=O)NC2CCCCC2)cs1)C(=O)c1ccccc1. The maximum Gasteiger partial charge on any atom is 0.254 e. The van der Waals surface area contributed by atoms with E-state index < -0.39 is 0 Å². The number of benzene rings is 1. The molecule has 1 heterocycles. The molecule has 1 saturated carbocycles. The molecule has 0 atom stereocenters. The fourth-order valence-corrected chi connectivity index (χ4v) is 4.62. The topological polar surface area (TPSA) is 91.4 Å². The van der Waals surface area contributed by atoms with Crippen LogP contribution in [0.3, 0.4) is 0 Å². The fraction of sp³-hybridized carbons (Fsp3) is 0.500. The van der Waals surface area contributed by atoms with E-state index in [9.17, 15) is 14.4 Å². The lowest BCUT2D eigenvalue weighted by Gasteiger charge is -2.24. The third-order valence-electron chi connectivity index (χ3n) is 5.34. The van der Waals surface area contributed by atoms with E-state index >= 15 is 0 Å². The highest BCUT2D eigenvalue weighted by atomic mass is 32.1. The first-order valence-electron chi connectivity index (χ1n) is 11.3. The zero-order valence-electron chi connectivity index (χ0n) is 18.8. The van der Waals surface area contributed by atoms with E-state index in [0.29, 0.717) is 22.9 Å². The van der Waals surface area contributed by atoms with Gasteiger partial charge in [0.1, 0.15) is 6.54 Å². The fourth-order valence-electron chi connectivity index (χ4n) is 3.89. The van der Waals surface area contributed by atoms with E-state index in [4.69, 9.17) is 0 Å². The largest absolute Gasteiger partial charge is 0.353 e. The average Bonchev–Trinajstić information content (AvgIpc) is 3.20. The molecule has 0 radical (unpaired) electrons. The quantitative estimate of drug-likeness (QED) is 0.599. The van der Waals surface area contributed by atoms with Gasteiger partial charge >= 0.3 is 0 Å². The Morgan fingerprint density at radius 1 is 1.09 bits per heavy atom. The molecule has 172 valence electrons. The molecule has 1 aromatic heterocycles. The lowest BCUT2D eigenvalue weighted by Crippen LogP contribution is -2.40. The van der Waals surface area contributed by atoms with Gasteiger partial charge < -0.3 is 15.5 Å². The van der Waals surface area contributed by atoms with Gasteiger partial charge in [0.05, 0.1) is 12.1 Å². The summed E-state index contributed by atoms with van der Waals surface area (Å²) in [6, 6.07) is 9.23. The van der Waals surface area contributed by atoms with Crippen molar-refractivity contribution in [3.63, 3.8) is 0 Å². The van der Waals surface area contributed by atoms with E-state index in [1.165, 1.54) is 30.6 Å². The van der Waals surface area contributed by atoms with Crippen molar-refractivity contribution in [3.05, 3.63) is 47.0 Å². The minimum Gasteiger partial charge on any atom is -0.353 e. The van der Waals surface area contributed by atoms with Crippen LogP contribution in [0.4, 0.5) is 5.13 Å². The molecule has 2 N–H and O–H groups in total. The Balaban J connectivity index is 1.53. The molecule has 0 unspecified atom stereocenters. The molecule has 0 bridgehead atoms. The Morgan fingerprint density at radius 3 is 2.50 bits per heavy atom. The number of hydrogen-bond acceptors (Lipinski definition) is 5. The summed E-state index contributed by atoms with van der Waals surface area (Å²) in [6.45, 7) is 4.44. The van der Waals surface area contributed by atoms with Crippen molar-refractivity contribution in [2.75, 3.05) is 18.4 Å². The molecule has 1 aliphatic carbocycles. The van der Waals surface area contributed by atoms with Crippen LogP contribution in [0.5, 0.6) is 0 Å². The average molecular weight is 457 g/mol. The van der Waals surface area contributed by atoms with E-state index in [1.807, 2.05) is 32.0 Å². The Bertz CT molecular complexity index is 907. The van der Waals surface area contributed by atoms with Crippen molar-refractivity contribution >= 4 is 34.2 Å². The Morgan fingerprint density at radius 2 is 1.81 bits per heavy atom. The summed E-state index contributed by atoms with van der Waals surface area (Å²) in [6.07, 6.45) is 5.86. The molecule has 8 heteroatoms. The molecule has 3 rings (SSSR count). The molecule has 7 nitrogen and oxygen atoms in total. The lowest BCUT2D eigenvalue weighted by molar-refractivity contribution is -0.121. The molecular formula is C24H32N4O3S. The van der Waals surface area contributed by atoms with Crippen molar-refractivity contribution in [3.8, 4) is 0 Å². The summed E-state index contributed by atoms with van der Waals surface area (Å²) >= 11 is 1.29. The number of carbonyl (C=O) groups excluding carboxylic acids is 3. The predicted molar refractivity (Wildman–Crippen MR) is 127 cm³/mol. The van der Waals surface area contributed by atoms with Gasteiger partial charge in [0.2, 0.25) is 11.8 Å². The normalized spacial score (nSPS) is 14.2. The molecule has 2 aromatic rings. The molecule has 0 spiro atoms. The van der Waals surface area contributed by atoms with Crippen LogP contribution < -0.4 is 10.6 Å². The van der Waals surface area contributed by atoms with E-state index in [0.717, 1.165) is 12.8 Å². The van der Waals surface area contributed by atoms with Crippen molar-refractivity contribution in [2.45, 2.75) is 58.4 Å². The highest BCUT2D eigenvalue weighted by Crippen LogP contribution is 2.19. The van der Waals surface area contributed by atoms with Gasteiger partial charge in [0, 0.05) is 23.5 Å². The number of amides is 3. The van der Waals surface area contributed by atoms with Gasteiger partial charge in [0.25, 0.3) is 5.91 Å². The maximum absolute atomic E-state index is 12.8. The summed E-state index contributed by atoms with van der Waals surface area (Å²) in [5, 5.41) is 8.08. The van der Waals surface area contributed by atoms with Crippen LogP contribution in [0.25, 0.3) is 0 Å². The minimum absolute atomic E-state index is 0.0309. The highest BCUT2D eigenvalue weighted by Gasteiger charge is 2.21. The Hall–Kier alpha value is -2.74. The third-order valence-corrected chi connectivity index (χ3v) is 6.14. The summed E-state index contributed by atoms with van der Waals surface area (Å²) in [5.74, 6) is -0.280. The van der Waals surface area contributed by atoms with Crippen LogP contribution >= 0.6 is 11.3 Å². The number of rotatable bonds is 9. The summed E-state index contributed by atoms with van der Waals surface area (Å²) in [5.41, 5.74) is 1.19. The molecule has 1 aromatic carbocycles. The van der Waals surface area contributed by atoms with Crippen molar-refractivity contribution in [2.24, 2.45) is 5.92 Å². The van der Waals surface area contributed by atoms with Gasteiger partial charge in [0.15, 0.2) is 5.13 Å². The first-order valence-corrected chi connectivity index (χ1v) is 12.2. The van der Waals surface area contributed by atoms with Crippen LogP contribution in [0.2, 0.25) is 0 Å². The molecule has 32 heavy (non-hydrogen) atoms. The standard InChI is InChI=1S/C24H32N4O3S/c1-17(2)14-28(23(31)18-9-5-3-6-10-18)15-22(30)27-24-26-20(16-32-24)13-21(29)25-19-11-7-4-8-12-19/h3,5-6,9-10,16-17,19H,4,7-8,11-15H2,1-2H3,(H,25,29)(H,26,27,30).